The van der Waals surface area contributed by atoms with Gasteiger partial charge in [-0.2, -0.15) is 0 Å². The Hall–Kier alpha value is -0.0800. The van der Waals surface area contributed by atoms with Crippen LogP contribution in [-0.2, 0) is 0 Å². The summed E-state index contributed by atoms with van der Waals surface area (Å²) in [7, 11) is 0. The highest BCUT2D eigenvalue weighted by molar-refractivity contribution is 4.82. The molecule has 0 amide bonds. The van der Waals surface area contributed by atoms with E-state index in [2.05, 4.69) is 6.92 Å². The van der Waals surface area contributed by atoms with Crippen LogP contribution in [0.5, 0.6) is 0 Å². The first-order valence-corrected chi connectivity index (χ1v) is 3.64. The third-order valence-electron chi connectivity index (χ3n) is 2.42. The molecule has 0 aliphatic heterocycles. The molecule has 2 heteroatoms. The fourth-order valence-corrected chi connectivity index (χ4v) is 1.63. The minimum absolute atomic E-state index is 0.120. The Morgan fingerprint density at radius 3 is 2.44 bits per heavy atom. The first-order valence-electron chi connectivity index (χ1n) is 3.64. The minimum atomic E-state index is -0.120. The molecule has 1 aliphatic rings. The summed E-state index contributed by atoms with van der Waals surface area (Å²) in [6.45, 7) is 2.80. The predicted octanol–water partition coefficient (Wildman–Crippen LogP) is 0.352. The van der Waals surface area contributed by atoms with E-state index >= 15 is 0 Å². The van der Waals surface area contributed by atoms with Gasteiger partial charge in [-0.25, -0.2) is 0 Å². The van der Waals surface area contributed by atoms with E-state index in [9.17, 15) is 5.11 Å². The van der Waals surface area contributed by atoms with E-state index in [0.717, 1.165) is 12.8 Å². The maximum Gasteiger partial charge on any atom is 0.0583 e. The lowest BCUT2D eigenvalue weighted by Gasteiger charge is -2.15. The van der Waals surface area contributed by atoms with Crippen molar-refractivity contribution in [1.29, 1.82) is 0 Å². The van der Waals surface area contributed by atoms with E-state index in [-0.39, 0.29) is 6.10 Å². The average Bonchev–Trinajstić information content (AvgIpc) is 2.12. The van der Waals surface area contributed by atoms with Gasteiger partial charge in [0.25, 0.3) is 0 Å². The van der Waals surface area contributed by atoms with Gasteiger partial charge in [0.2, 0.25) is 0 Å². The van der Waals surface area contributed by atoms with Gasteiger partial charge in [-0.3, -0.25) is 0 Å². The third kappa shape index (κ3) is 1.25. The van der Waals surface area contributed by atoms with Gasteiger partial charge in [-0.05, 0) is 31.2 Å². The molecule has 3 atom stereocenters. The van der Waals surface area contributed by atoms with Gasteiger partial charge >= 0.3 is 0 Å². The summed E-state index contributed by atoms with van der Waals surface area (Å²) in [5, 5.41) is 9.28. The molecule has 0 radical (unpaired) electrons. The van der Waals surface area contributed by atoms with Crippen LogP contribution in [0.4, 0.5) is 0 Å². The van der Waals surface area contributed by atoms with Crippen LogP contribution in [0.3, 0.4) is 0 Å². The maximum atomic E-state index is 9.28. The van der Waals surface area contributed by atoms with Crippen molar-refractivity contribution >= 4 is 0 Å². The standard InChI is InChI=1S/C7H15NO/c1-5-2-3-7(9)6(5)4-8/h5-7,9H,2-4,8H2,1H3/t5-,6+,7-/m0/s1. The molecule has 0 aromatic heterocycles. The number of nitrogens with two attached hydrogens (primary N) is 1. The second-order valence-corrected chi connectivity index (χ2v) is 3.02. The Labute approximate surface area is 56.1 Å². The summed E-state index contributed by atoms with van der Waals surface area (Å²) in [4.78, 5) is 0. The highest BCUT2D eigenvalue weighted by atomic mass is 16.3. The van der Waals surface area contributed by atoms with Gasteiger partial charge in [0, 0.05) is 0 Å². The molecular formula is C7H15NO. The Balaban J connectivity index is 2.44. The molecule has 1 aliphatic carbocycles. The topological polar surface area (TPSA) is 46.2 Å². The van der Waals surface area contributed by atoms with Crippen LogP contribution in [0.25, 0.3) is 0 Å². The van der Waals surface area contributed by atoms with E-state index in [4.69, 9.17) is 5.73 Å². The van der Waals surface area contributed by atoms with E-state index < -0.39 is 0 Å². The van der Waals surface area contributed by atoms with E-state index in [1.54, 1.807) is 0 Å². The molecular weight excluding hydrogens is 114 g/mol. The molecule has 0 bridgehead atoms. The predicted molar refractivity (Wildman–Crippen MR) is 36.9 cm³/mol. The molecule has 9 heavy (non-hydrogen) atoms. The number of rotatable bonds is 1. The van der Waals surface area contributed by atoms with Crippen molar-refractivity contribution in [2.45, 2.75) is 25.9 Å². The molecule has 1 rings (SSSR count). The van der Waals surface area contributed by atoms with Crippen molar-refractivity contribution in [2.75, 3.05) is 6.54 Å². The highest BCUT2D eigenvalue weighted by Crippen LogP contribution is 2.30. The van der Waals surface area contributed by atoms with Gasteiger partial charge in [-0.1, -0.05) is 6.92 Å². The van der Waals surface area contributed by atoms with Crippen LogP contribution in [0.2, 0.25) is 0 Å². The number of hydrogen-bond acceptors (Lipinski definition) is 2. The molecule has 0 saturated heterocycles. The van der Waals surface area contributed by atoms with Gasteiger partial charge in [-0.15, -0.1) is 0 Å². The Kier molecular flexibility index (Phi) is 2.09. The van der Waals surface area contributed by atoms with Crippen molar-refractivity contribution in [2.24, 2.45) is 17.6 Å². The van der Waals surface area contributed by atoms with Crippen molar-refractivity contribution < 1.29 is 5.11 Å². The smallest absolute Gasteiger partial charge is 0.0583 e. The lowest BCUT2D eigenvalue weighted by atomic mass is 9.97. The lowest BCUT2D eigenvalue weighted by Crippen LogP contribution is -2.26. The van der Waals surface area contributed by atoms with Crippen LogP contribution in [-0.4, -0.2) is 17.8 Å². The molecule has 0 heterocycles. The first kappa shape index (κ1) is 7.03. The normalized spacial score (nSPS) is 43.7. The van der Waals surface area contributed by atoms with Gasteiger partial charge < -0.3 is 10.8 Å². The maximum absolute atomic E-state index is 9.28. The lowest BCUT2D eigenvalue weighted by molar-refractivity contribution is 0.124. The quantitative estimate of drug-likeness (QED) is 0.536. The van der Waals surface area contributed by atoms with E-state index in [0.29, 0.717) is 18.4 Å². The van der Waals surface area contributed by atoms with Crippen LogP contribution >= 0.6 is 0 Å². The summed E-state index contributed by atoms with van der Waals surface area (Å²) in [6.07, 6.45) is 1.97. The highest BCUT2D eigenvalue weighted by Gasteiger charge is 2.30. The second kappa shape index (κ2) is 2.67. The molecule has 0 spiro atoms. The average molecular weight is 129 g/mol. The third-order valence-corrected chi connectivity index (χ3v) is 2.42. The molecule has 1 saturated carbocycles. The molecule has 2 nitrogen and oxygen atoms in total. The molecule has 54 valence electrons. The zero-order valence-electron chi connectivity index (χ0n) is 5.88. The molecule has 0 aromatic carbocycles. The van der Waals surface area contributed by atoms with E-state index in [1.807, 2.05) is 0 Å². The summed E-state index contributed by atoms with van der Waals surface area (Å²) in [5.41, 5.74) is 5.45. The number of hydrogen-bond donors (Lipinski definition) is 2. The van der Waals surface area contributed by atoms with Gasteiger partial charge in [0.05, 0.1) is 6.10 Å². The Morgan fingerprint density at radius 2 is 2.22 bits per heavy atom. The minimum Gasteiger partial charge on any atom is -0.393 e. The summed E-state index contributed by atoms with van der Waals surface area (Å²) in [6, 6.07) is 0. The first-order chi connectivity index (χ1) is 4.25. The number of aliphatic hydroxyl groups is 1. The Bertz CT molecular complexity index is 84.9. The molecule has 0 aromatic rings. The van der Waals surface area contributed by atoms with E-state index in [1.165, 1.54) is 0 Å². The fourth-order valence-electron chi connectivity index (χ4n) is 1.63. The number of aliphatic hydroxyl groups excluding tert-OH is 1. The van der Waals surface area contributed by atoms with Crippen LogP contribution < -0.4 is 5.73 Å². The fraction of sp³-hybridized carbons (Fsp3) is 1.00. The van der Waals surface area contributed by atoms with Crippen molar-refractivity contribution in [3.8, 4) is 0 Å². The molecule has 1 fully saturated rings. The Morgan fingerprint density at radius 1 is 1.56 bits per heavy atom. The van der Waals surface area contributed by atoms with Gasteiger partial charge in [0.1, 0.15) is 0 Å². The molecule has 3 N–H and O–H groups in total. The largest absolute Gasteiger partial charge is 0.393 e. The summed E-state index contributed by atoms with van der Waals surface area (Å²) >= 11 is 0. The van der Waals surface area contributed by atoms with Crippen molar-refractivity contribution in [1.82, 2.24) is 0 Å². The van der Waals surface area contributed by atoms with Crippen LogP contribution in [0, 0.1) is 11.8 Å². The zero-order chi connectivity index (χ0) is 6.85. The summed E-state index contributed by atoms with van der Waals surface area (Å²) in [5.74, 6) is 0.995. The zero-order valence-corrected chi connectivity index (χ0v) is 5.88. The van der Waals surface area contributed by atoms with Gasteiger partial charge in [0.15, 0.2) is 0 Å². The van der Waals surface area contributed by atoms with Crippen molar-refractivity contribution in [3.63, 3.8) is 0 Å². The monoisotopic (exact) mass is 129 g/mol. The molecule has 0 unspecified atom stereocenters. The SMILES string of the molecule is C[C@H]1CC[C@H](O)[C@@H]1CN. The summed E-state index contributed by atoms with van der Waals surface area (Å²) < 4.78 is 0. The van der Waals surface area contributed by atoms with Crippen LogP contribution in [0.15, 0.2) is 0 Å². The van der Waals surface area contributed by atoms with Crippen LogP contribution in [0.1, 0.15) is 19.8 Å². The second-order valence-electron chi connectivity index (χ2n) is 3.02. The van der Waals surface area contributed by atoms with Crippen molar-refractivity contribution in [3.05, 3.63) is 0 Å².